The summed E-state index contributed by atoms with van der Waals surface area (Å²) in [6, 6.07) is -0.251. The van der Waals surface area contributed by atoms with Gasteiger partial charge in [0.05, 0.1) is 11.7 Å². The van der Waals surface area contributed by atoms with Crippen molar-refractivity contribution in [2.75, 3.05) is 0 Å². The first-order valence-corrected chi connectivity index (χ1v) is 5.21. The van der Waals surface area contributed by atoms with Gasteiger partial charge in [-0.1, -0.05) is 0 Å². The molecule has 0 radical (unpaired) electrons. The van der Waals surface area contributed by atoms with Crippen LogP contribution in [0.2, 0.25) is 0 Å². The van der Waals surface area contributed by atoms with Gasteiger partial charge in [0.2, 0.25) is 5.91 Å². The van der Waals surface area contributed by atoms with Crippen molar-refractivity contribution in [2.24, 2.45) is 0 Å². The number of rotatable bonds is 3. The van der Waals surface area contributed by atoms with E-state index in [0.29, 0.717) is 10.7 Å². The second-order valence-corrected chi connectivity index (χ2v) is 4.22. The van der Waals surface area contributed by atoms with Gasteiger partial charge in [0.1, 0.15) is 9.88 Å². The Balaban J connectivity index is 2.91. The number of nitrogens with one attached hydrogen (secondary N) is 1. The summed E-state index contributed by atoms with van der Waals surface area (Å²) in [5, 5.41) is 12.1. The minimum Gasteiger partial charge on any atom is -0.477 e. The third kappa shape index (κ3) is 2.76. The average molecular weight is 228 g/mol. The first kappa shape index (κ1) is 11.6. The number of carbonyl (C=O) groups excluding carboxylic acids is 1. The summed E-state index contributed by atoms with van der Waals surface area (Å²) in [5.41, 5.74) is 0.486. The molecule has 0 spiro atoms. The van der Waals surface area contributed by atoms with Gasteiger partial charge in [0.25, 0.3) is 0 Å². The molecule has 0 aromatic carbocycles. The summed E-state index contributed by atoms with van der Waals surface area (Å²) >= 11 is 1.09. The normalized spacial score (nSPS) is 12.2. The lowest BCUT2D eigenvalue weighted by Crippen LogP contribution is -2.23. The number of amides is 1. The van der Waals surface area contributed by atoms with Crippen molar-refractivity contribution >= 4 is 23.2 Å². The van der Waals surface area contributed by atoms with Crippen molar-refractivity contribution in [1.29, 1.82) is 0 Å². The van der Waals surface area contributed by atoms with Gasteiger partial charge in [0, 0.05) is 6.92 Å². The number of nitrogens with zero attached hydrogens (tertiary/aromatic N) is 1. The molecular formula is C9H12N2O3S. The van der Waals surface area contributed by atoms with E-state index in [4.69, 9.17) is 5.11 Å². The highest BCUT2D eigenvalue weighted by molar-refractivity contribution is 7.13. The summed E-state index contributed by atoms with van der Waals surface area (Å²) in [4.78, 5) is 25.9. The standard InChI is InChI=1S/C9H12N2O3S/c1-4-7(9(13)14)15-8(11-4)5(2)10-6(3)12/h5H,1-3H3,(H,10,12)(H,13,14). The number of hydrogen-bond acceptors (Lipinski definition) is 4. The number of thiazole rings is 1. The second-order valence-electron chi connectivity index (χ2n) is 3.19. The van der Waals surface area contributed by atoms with E-state index in [2.05, 4.69) is 10.3 Å². The van der Waals surface area contributed by atoms with Crippen molar-refractivity contribution in [3.63, 3.8) is 0 Å². The Kier molecular flexibility index (Phi) is 3.41. The molecule has 1 amide bonds. The van der Waals surface area contributed by atoms with Crippen LogP contribution < -0.4 is 5.32 Å². The molecule has 0 aliphatic rings. The Morgan fingerprint density at radius 3 is 2.53 bits per heavy atom. The molecule has 1 rings (SSSR count). The van der Waals surface area contributed by atoms with E-state index in [1.807, 2.05) is 0 Å². The molecule has 0 aliphatic carbocycles. The lowest BCUT2D eigenvalue weighted by Gasteiger charge is -2.07. The molecule has 2 N–H and O–H groups in total. The summed E-state index contributed by atoms with van der Waals surface area (Å²) < 4.78 is 0. The Bertz CT molecular complexity index is 400. The largest absolute Gasteiger partial charge is 0.477 e. The minimum atomic E-state index is -0.980. The van der Waals surface area contributed by atoms with Crippen LogP contribution in [0.1, 0.15) is 40.3 Å². The molecule has 0 fully saturated rings. The van der Waals surface area contributed by atoms with Crippen molar-refractivity contribution < 1.29 is 14.7 Å². The number of aromatic nitrogens is 1. The van der Waals surface area contributed by atoms with E-state index in [9.17, 15) is 9.59 Å². The van der Waals surface area contributed by atoms with Crippen LogP contribution in [0.25, 0.3) is 0 Å². The second kappa shape index (κ2) is 4.39. The molecule has 1 heterocycles. The Labute approximate surface area is 91.1 Å². The molecule has 0 aliphatic heterocycles. The van der Waals surface area contributed by atoms with E-state index in [-0.39, 0.29) is 16.8 Å². The maximum absolute atomic E-state index is 10.8. The van der Waals surface area contributed by atoms with Gasteiger partial charge in [-0.05, 0) is 13.8 Å². The SMILES string of the molecule is CC(=O)NC(C)c1nc(C)c(C(=O)O)s1. The van der Waals surface area contributed by atoms with Crippen LogP contribution >= 0.6 is 11.3 Å². The number of carboxylic acid groups (broad SMARTS) is 1. The van der Waals surface area contributed by atoms with Crippen LogP contribution in [0, 0.1) is 6.92 Å². The van der Waals surface area contributed by atoms with Crippen LogP contribution in [0.4, 0.5) is 0 Å². The fraction of sp³-hybridized carbons (Fsp3) is 0.444. The molecule has 0 bridgehead atoms. The van der Waals surface area contributed by atoms with Crippen LogP contribution in [-0.2, 0) is 4.79 Å². The predicted octanol–water partition coefficient (Wildman–Crippen LogP) is 1.35. The van der Waals surface area contributed by atoms with Gasteiger partial charge in [-0.25, -0.2) is 9.78 Å². The maximum atomic E-state index is 10.8. The Morgan fingerprint density at radius 1 is 1.53 bits per heavy atom. The molecular weight excluding hydrogens is 216 g/mol. The fourth-order valence-corrected chi connectivity index (χ4v) is 2.08. The summed E-state index contributed by atoms with van der Waals surface area (Å²) in [6.45, 7) is 4.82. The topological polar surface area (TPSA) is 79.3 Å². The molecule has 1 unspecified atom stereocenters. The number of carbonyl (C=O) groups is 2. The molecule has 0 saturated carbocycles. The quantitative estimate of drug-likeness (QED) is 0.818. The molecule has 1 aromatic rings. The van der Waals surface area contributed by atoms with Gasteiger partial charge >= 0.3 is 5.97 Å². The fourth-order valence-electron chi connectivity index (χ4n) is 1.17. The van der Waals surface area contributed by atoms with E-state index in [1.165, 1.54) is 6.92 Å². The van der Waals surface area contributed by atoms with E-state index in [0.717, 1.165) is 11.3 Å². The van der Waals surface area contributed by atoms with Gasteiger partial charge in [-0.15, -0.1) is 11.3 Å². The van der Waals surface area contributed by atoms with E-state index >= 15 is 0 Å². The van der Waals surface area contributed by atoms with E-state index < -0.39 is 5.97 Å². The summed E-state index contributed by atoms with van der Waals surface area (Å²) in [6.07, 6.45) is 0. The Hall–Kier alpha value is -1.43. The van der Waals surface area contributed by atoms with Crippen molar-refractivity contribution in [2.45, 2.75) is 26.8 Å². The number of carboxylic acids is 1. The zero-order valence-electron chi connectivity index (χ0n) is 8.70. The monoisotopic (exact) mass is 228 g/mol. The van der Waals surface area contributed by atoms with Crippen molar-refractivity contribution in [3.05, 3.63) is 15.6 Å². The van der Waals surface area contributed by atoms with Gasteiger partial charge in [-0.3, -0.25) is 4.79 Å². The number of aromatic carboxylic acids is 1. The molecule has 0 saturated heterocycles. The lowest BCUT2D eigenvalue weighted by molar-refractivity contribution is -0.119. The number of hydrogen-bond donors (Lipinski definition) is 2. The van der Waals surface area contributed by atoms with Crippen LogP contribution in [0.3, 0.4) is 0 Å². The highest BCUT2D eigenvalue weighted by Crippen LogP contribution is 2.23. The number of aryl methyl sites for hydroxylation is 1. The van der Waals surface area contributed by atoms with Gasteiger partial charge in [-0.2, -0.15) is 0 Å². The first-order valence-electron chi connectivity index (χ1n) is 4.39. The van der Waals surface area contributed by atoms with E-state index in [1.54, 1.807) is 13.8 Å². The summed E-state index contributed by atoms with van der Waals surface area (Å²) in [5.74, 6) is -1.14. The molecule has 1 aromatic heterocycles. The van der Waals surface area contributed by atoms with Crippen molar-refractivity contribution in [1.82, 2.24) is 10.3 Å². The Morgan fingerprint density at radius 2 is 2.13 bits per heavy atom. The molecule has 1 atom stereocenters. The smallest absolute Gasteiger partial charge is 0.347 e. The highest BCUT2D eigenvalue weighted by Gasteiger charge is 2.17. The zero-order chi connectivity index (χ0) is 11.6. The third-order valence-electron chi connectivity index (χ3n) is 1.80. The van der Waals surface area contributed by atoms with Gasteiger partial charge < -0.3 is 10.4 Å². The van der Waals surface area contributed by atoms with Gasteiger partial charge in [0.15, 0.2) is 0 Å². The predicted molar refractivity (Wildman–Crippen MR) is 56.0 cm³/mol. The summed E-state index contributed by atoms with van der Waals surface area (Å²) in [7, 11) is 0. The molecule has 6 heteroatoms. The van der Waals surface area contributed by atoms with Crippen LogP contribution in [-0.4, -0.2) is 22.0 Å². The maximum Gasteiger partial charge on any atom is 0.347 e. The molecule has 82 valence electrons. The van der Waals surface area contributed by atoms with Crippen LogP contribution in [0.15, 0.2) is 0 Å². The highest BCUT2D eigenvalue weighted by atomic mass is 32.1. The minimum absolute atomic E-state index is 0.160. The lowest BCUT2D eigenvalue weighted by atomic mass is 10.3. The first-order chi connectivity index (χ1) is 6.91. The average Bonchev–Trinajstić information content (AvgIpc) is 2.46. The third-order valence-corrected chi connectivity index (χ3v) is 3.13. The zero-order valence-corrected chi connectivity index (χ0v) is 9.51. The van der Waals surface area contributed by atoms with Crippen molar-refractivity contribution in [3.8, 4) is 0 Å². The molecule has 15 heavy (non-hydrogen) atoms. The van der Waals surface area contributed by atoms with Crippen LogP contribution in [0.5, 0.6) is 0 Å². The molecule has 5 nitrogen and oxygen atoms in total.